The first-order chi connectivity index (χ1) is 14.8. The maximum absolute atomic E-state index is 4.59. The van der Waals surface area contributed by atoms with Gasteiger partial charge in [0.15, 0.2) is 0 Å². The fraction of sp³-hybridized carbons (Fsp3) is 0.276. The SMILES string of the molecule is CCc1ccc(C(C)(C)C)cc1Nc1ccc(-c2cnc(C)c(C)c2)c2ccccc12. The van der Waals surface area contributed by atoms with Gasteiger partial charge in [0.05, 0.1) is 0 Å². The number of pyridine rings is 1. The molecule has 3 aromatic carbocycles. The summed E-state index contributed by atoms with van der Waals surface area (Å²) in [7, 11) is 0. The van der Waals surface area contributed by atoms with Crippen LogP contribution in [0.1, 0.15) is 50.1 Å². The van der Waals surface area contributed by atoms with Crippen LogP contribution in [0.5, 0.6) is 0 Å². The molecule has 4 rings (SSSR count). The van der Waals surface area contributed by atoms with E-state index in [9.17, 15) is 0 Å². The van der Waals surface area contributed by atoms with Crippen molar-refractivity contribution < 1.29 is 0 Å². The maximum atomic E-state index is 4.59. The van der Waals surface area contributed by atoms with Crippen LogP contribution < -0.4 is 5.32 Å². The minimum atomic E-state index is 0.116. The molecular weight excluding hydrogens is 376 g/mol. The second kappa shape index (κ2) is 8.19. The Labute approximate surface area is 186 Å². The molecule has 0 fully saturated rings. The molecule has 4 aromatic rings. The largest absolute Gasteiger partial charge is 0.355 e. The smallest absolute Gasteiger partial charge is 0.0464 e. The van der Waals surface area contributed by atoms with Crippen molar-refractivity contribution in [1.82, 2.24) is 4.98 Å². The molecule has 0 aliphatic rings. The average molecular weight is 409 g/mol. The van der Waals surface area contributed by atoms with E-state index in [-0.39, 0.29) is 5.41 Å². The minimum Gasteiger partial charge on any atom is -0.355 e. The van der Waals surface area contributed by atoms with Gasteiger partial charge in [-0.25, -0.2) is 0 Å². The summed E-state index contributed by atoms with van der Waals surface area (Å²) in [5, 5.41) is 6.22. The van der Waals surface area contributed by atoms with Gasteiger partial charge in [0.2, 0.25) is 0 Å². The van der Waals surface area contributed by atoms with Crippen molar-refractivity contribution >= 4 is 22.1 Å². The Balaban J connectivity index is 1.83. The molecule has 0 saturated carbocycles. The van der Waals surface area contributed by atoms with E-state index in [1.165, 1.54) is 38.7 Å². The molecule has 1 aromatic heterocycles. The average Bonchev–Trinajstić information content (AvgIpc) is 2.75. The van der Waals surface area contributed by atoms with E-state index < -0.39 is 0 Å². The van der Waals surface area contributed by atoms with E-state index >= 15 is 0 Å². The summed E-state index contributed by atoms with van der Waals surface area (Å²) >= 11 is 0. The highest BCUT2D eigenvalue weighted by atomic mass is 14.9. The van der Waals surface area contributed by atoms with Crippen molar-refractivity contribution in [2.24, 2.45) is 0 Å². The van der Waals surface area contributed by atoms with Crippen LogP contribution in [0.15, 0.2) is 66.9 Å². The summed E-state index contributed by atoms with van der Waals surface area (Å²) in [6.45, 7) is 13.2. The number of nitrogens with one attached hydrogen (secondary N) is 1. The van der Waals surface area contributed by atoms with Gasteiger partial charge in [-0.1, -0.05) is 70.2 Å². The fourth-order valence-electron chi connectivity index (χ4n) is 4.06. The van der Waals surface area contributed by atoms with Crippen LogP contribution in [0.3, 0.4) is 0 Å². The highest BCUT2D eigenvalue weighted by molar-refractivity contribution is 6.04. The summed E-state index contributed by atoms with van der Waals surface area (Å²) in [4.78, 5) is 4.59. The summed E-state index contributed by atoms with van der Waals surface area (Å²) < 4.78 is 0. The maximum Gasteiger partial charge on any atom is 0.0464 e. The lowest BCUT2D eigenvalue weighted by Gasteiger charge is -2.22. The van der Waals surface area contributed by atoms with Gasteiger partial charge in [-0.15, -0.1) is 0 Å². The molecule has 0 unspecified atom stereocenters. The van der Waals surface area contributed by atoms with Gasteiger partial charge < -0.3 is 5.32 Å². The zero-order valence-electron chi connectivity index (χ0n) is 19.5. The Kier molecular flexibility index (Phi) is 5.58. The quantitative estimate of drug-likeness (QED) is 0.369. The fourth-order valence-corrected chi connectivity index (χ4v) is 4.06. The molecular formula is C29H32N2. The van der Waals surface area contributed by atoms with Gasteiger partial charge in [0, 0.05) is 34.2 Å². The minimum absolute atomic E-state index is 0.116. The first-order valence-electron chi connectivity index (χ1n) is 11.1. The highest BCUT2D eigenvalue weighted by Crippen LogP contribution is 2.36. The Morgan fingerprint density at radius 1 is 0.839 bits per heavy atom. The molecule has 0 saturated heterocycles. The van der Waals surface area contributed by atoms with E-state index in [0.717, 1.165) is 23.4 Å². The predicted molar refractivity (Wildman–Crippen MR) is 134 cm³/mol. The van der Waals surface area contributed by atoms with Crippen LogP contribution in [0.25, 0.3) is 21.9 Å². The zero-order chi connectivity index (χ0) is 22.2. The second-order valence-corrected chi connectivity index (χ2v) is 9.43. The molecule has 1 heterocycles. The van der Waals surface area contributed by atoms with E-state index in [4.69, 9.17) is 0 Å². The van der Waals surface area contributed by atoms with Crippen molar-refractivity contribution in [2.75, 3.05) is 5.32 Å². The van der Waals surface area contributed by atoms with Crippen molar-refractivity contribution in [2.45, 2.75) is 53.4 Å². The van der Waals surface area contributed by atoms with Gasteiger partial charge in [0.1, 0.15) is 0 Å². The van der Waals surface area contributed by atoms with E-state index in [0.29, 0.717) is 0 Å². The number of fused-ring (bicyclic) bond motifs is 1. The van der Waals surface area contributed by atoms with Gasteiger partial charge >= 0.3 is 0 Å². The first kappa shape index (κ1) is 21.1. The zero-order valence-corrected chi connectivity index (χ0v) is 19.5. The predicted octanol–water partition coefficient (Wildman–Crippen LogP) is 8.12. The number of rotatable bonds is 4. The summed E-state index contributed by atoms with van der Waals surface area (Å²) in [5.74, 6) is 0. The molecule has 0 aliphatic carbocycles. The number of anilines is 2. The van der Waals surface area contributed by atoms with E-state index in [1.807, 2.05) is 6.20 Å². The number of benzene rings is 3. The Morgan fingerprint density at radius 2 is 1.58 bits per heavy atom. The second-order valence-electron chi connectivity index (χ2n) is 9.43. The van der Waals surface area contributed by atoms with Crippen molar-refractivity contribution in [3.63, 3.8) is 0 Å². The molecule has 158 valence electrons. The summed E-state index contributed by atoms with van der Waals surface area (Å²) in [5.41, 5.74) is 9.80. The molecule has 0 bridgehead atoms. The lowest BCUT2D eigenvalue weighted by molar-refractivity contribution is 0.590. The van der Waals surface area contributed by atoms with E-state index in [1.54, 1.807) is 0 Å². The van der Waals surface area contributed by atoms with Crippen LogP contribution in [-0.4, -0.2) is 4.98 Å². The third kappa shape index (κ3) is 4.20. The Hall–Kier alpha value is -3.13. The lowest BCUT2D eigenvalue weighted by Crippen LogP contribution is -2.12. The van der Waals surface area contributed by atoms with Crippen molar-refractivity contribution in [3.8, 4) is 11.1 Å². The van der Waals surface area contributed by atoms with Crippen LogP contribution in [0, 0.1) is 13.8 Å². The Bertz CT molecular complexity index is 1250. The monoisotopic (exact) mass is 408 g/mol. The number of nitrogens with zero attached hydrogens (tertiary/aromatic N) is 1. The number of aryl methyl sites for hydroxylation is 3. The van der Waals surface area contributed by atoms with Gasteiger partial charge in [0.25, 0.3) is 0 Å². The standard InChI is InChI=1S/C29H32N2/c1-7-21-12-13-23(29(4,5)6)17-28(21)31-27-15-14-24(25-10-8-9-11-26(25)27)22-16-19(2)20(3)30-18-22/h8-18,31H,7H2,1-6H3. The molecule has 1 N–H and O–H groups in total. The third-order valence-electron chi connectivity index (χ3n) is 6.20. The van der Waals surface area contributed by atoms with Gasteiger partial charge in [-0.3, -0.25) is 4.98 Å². The first-order valence-corrected chi connectivity index (χ1v) is 11.1. The highest BCUT2D eigenvalue weighted by Gasteiger charge is 2.16. The van der Waals surface area contributed by atoms with E-state index in [2.05, 4.69) is 113 Å². The van der Waals surface area contributed by atoms with Crippen LogP contribution in [0.2, 0.25) is 0 Å². The molecule has 31 heavy (non-hydrogen) atoms. The van der Waals surface area contributed by atoms with Gasteiger partial charge in [-0.2, -0.15) is 0 Å². The molecule has 2 nitrogen and oxygen atoms in total. The Morgan fingerprint density at radius 3 is 2.26 bits per heavy atom. The normalized spacial score (nSPS) is 11.7. The van der Waals surface area contributed by atoms with Crippen LogP contribution in [-0.2, 0) is 11.8 Å². The molecule has 0 atom stereocenters. The topological polar surface area (TPSA) is 24.9 Å². The number of hydrogen-bond acceptors (Lipinski definition) is 2. The van der Waals surface area contributed by atoms with Crippen LogP contribution in [0.4, 0.5) is 11.4 Å². The number of aromatic nitrogens is 1. The lowest BCUT2D eigenvalue weighted by atomic mass is 9.86. The van der Waals surface area contributed by atoms with Gasteiger partial charge in [-0.05, 0) is 71.5 Å². The summed E-state index contributed by atoms with van der Waals surface area (Å²) in [6, 6.07) is 22.1. The molecule has 0 radical (unpaired) electrons. The van der Waals surface area contributed by atoms with Crippen molar-refractivity contribution in [1.29, 1.82) is 0 Å². The van der Waals surface area contributed by atoms with Crippen molar-refractivity contribution in [3.05, 3.63) is 89.2 Å². The summed E-state index contributed by atoms with van der Waals surface area (Å²) in [6.07, 6.45) is 2.98. The molecule has 2 heteroatoms. The molecule has 0 amide bonds. The van der Waals surface area contributed by atoms with Crippen LogP contribution >= 0.6 is 0 Å². The third-order valence-corrected chi connectivity index (χ3v) is 6.20. The molecule has 0 aliphatic heterocycles. The molecule has 0 spiro atoms. The number of hydrogen-bond donors (Lipinski definition) is 1.